The molecule has 3 fully saturated rings. The van der Waals surface area contributed by atoms with E-state index in [-0.39, 0.29) is 24.6 Å². The molecule has 1 N–H and O–H groups in total. The van der Waals surface area contributed by atoms with Crippen LogP contribution < -0.4 is 5.32 Å². The number of rotatable bonds is 6. The zero-order chi connectivity index (χ0) is 22.2. The average Bonchev–Trinajstić information content (AvgIpc) is 2.75. The van der Waals surface area contributed by atoms with Crippen molar-refractivity contribution in [1.82, 2.24) is 5.32 Å². The molecule has 5 rings (SSSR count). The minimum Gasteiger partial charge on any atom is -0.463 e. The summed E-state index contributed by atoms with van der Waals surface area (Å²) in [6, 6.07) is 8.69. The van der Waals surface area contributed by atoms with Crippen LogP contribution in [0.2, 0.25) is 0 Å². The Morgan fingerprint density at radius 2 is 1.90 bits per heavy atom. The summed E-state index contributed by atoms with van der Waals surface area (Å²) in [7, 11) is 0. The fourth-order valence-corrected chi connectivity index (χ4v) is 5.44. The Hall–Kier alpha value is -2.18. The number of carbonyl (C=O) groups excluding carboxylic acids is 2. The molecule has 1 aromatic carbocycles. The van der Waals surface area contributed by atoms with Crippen LogP contribution in [0.4, 0.5) is 0 Å². The van der Waals surface area contributed by atoms with E-state index in [9.17, 15) is 9.59 Å². The van der Waals surface area contributed by atoms with Gasteiger partial charge in [0.25, 0.3) is 5.91 Å². The third kappa shape index (κ3) is 4.55. The van der Waals surface area contributed by atoms with Crippen LogP contribution in [-0.2, 0) is 19.0 Å². The highest BCUT2D eigenvalue weighted by Gasteiger charge is 2.57. The summed E-state index contributed by atoms with van der Waals surface area (Å²) < 4.78 is 17.8. The van der Waals surface area contributed by atoms with E-state index in [2.05, 4.69) is 26.1 Å². The standard InChI is InChI=1S/C25H33NO5/c1-15-20-12-18(25(20,3)4)13-22(15)31-24-21(11-10-19(30-24)14-29-16(2)27)26-23(28)17-8-6-5-7-9-17/h5-11,15,18-22,24H,12-14H2,1-4H3,(H,26,28)/t15-,18+,19+,20-,21-,22-,24-/m1/s1. The smallest absolute Gasteiger partial charge is 0.302 e. The zero-order valence-corrected chi connectivity index (χ0v) is 18.7. The molecule has 7 atom stereocenters. The van der Waals surface area contributed by atoms with Crippen LogP contribution >= 0.6 is 0 Å². The lowest BCUT2D eigenvalue weighted by atomic mass is 9.45. The molecule has 3 saturated carbocycles. The molecule has 1 aliphatic heterocycles. The Morgan fingerprint density at radius 3 is 2.55 bits per heavy atom. The largest absolute Gasteiger partial charge is 0.463 e. The summed E-state index contributed by atoms with van der Waals surface area (Å²) in [5, 5.41) is 3.03. The highest BCUT2D eigenvalue weighted by molar-refractivity contribution is 5.94. The van der Waals surface area contributed by atoms with Gasteiger partial charge >= 0.3 is 5.97 Å². The van der Waals surface area contributed by atoms with Crippen molar-refractivity contribution in [2.45, 2.75) is 65.1 Å². The first-order chi connectivity index (χ1) is 14.8. The number of hydrogen-bond acceptors (Lipinski definition) is 5. The van der Waals surface area contributed by atoms with E-state index in [4.69, 9.17) is 14.2 Å². The number of amides is 1. The molecule has 1 aromatic rings. The van der Waals surface area contributed by atoms with Crippen molar-refractivity contribution in [2.75, 3.05) is 6.61 Å². The van der Waals surface area contributed by atoms with Gasteiger partial charge in [-0.25, -0.2) is 0 Å². The van der Waals surface area contributed by atoms with Gasteiger partial charge in [-0.15, -0.1) is 0 Å². The topological polar surface area (TPSA) is 73.9 Å². The summed E-state index contributed by atoms with van der Waals surface area (Å²) in [6.45, 7) is 8.48. The normalized spacial score (nSPS) is 35.7. The van der Waals surface area contributed by atoms with Gasteiger partial charge in [0.1, 0.15) is 12.7 Å². The van der Waals surface area contributed by atoms with E-state index in [1.807, 2.05) is 30.4 Å². The molecule has 0 unspecified atom stereocenters. The molecule has 0 aromatic heterocycles. The first kappa shape index (κ1) is 22.0. The molecule has 2 bridgehead atoms. The molecule has 6 heteroatoms. The Labute approximate surface area is 184 Å². The van der Waals surface area contributed by atoms with Gasteiger partial charge < -0.3 is 19.5 Å². The third-order valence-electron chi connectivity index (χ3n) is 7.51. The van der Waals surface area contributed by atoms with Crippen molar-refractivity contribution >= 4 is 11.9 Å². The Bertz CT molecular complexity index is 836. The maximum atomic E-state index is 12.7. The predicted molar refractivity (Wildman–Crippen MR) is 116 cm³/mol. The van der Waals surface area contributed by atoms with Crippen LogP contribution in [0.15, 0.2) is 42.5 Å². The molecular formula is C25H33NO5. The second kappa shape index (κ2) is 8.75. The van der Waals surface area contributed by atoms with E-state index in [1.54, 1.807) is 12.1 Å². The lowest BCUT2D eigenvalue weighted by Gasteiger charge is -2.62. The molecule has 4 aliphatic rings. The molecule has 1 heterocycles. The fraction of sp³-hybridized carbons (Fsp3) is 0.600. The van der Waals surface area contributed by atoms with Crippen molar-refractivity contribution in [3.05, 3.63) is 48.0 Å². The maximum Gasteiger partial charge on any atom is 0.302 e. The molecule has 0 saturated heterocycles. The van der Waals surface area contributed by atoms with E-state index in [0.29, 0.717) is 28.7 Å². The minimum atomic E-state index is -0.633. The van der Waals surface area contributed by atoms with Crippen LogP contribution in [-0.4, -0.2) is 43.0 Å². The molecule has 168 valence electrons. The number of carbonyl (C=O) groups is 2. The van der Waals surface area contributed by atoms with Crippen LogP contribution in [0.5, 0.6) is 0 Å². The van der Waals surface area contributed by atoms with Crippen LogP contribution in [0, 0.1) is 23.2 Å². The van der Waals surface area contributed by atoms with E-state index in [1.165, 1.54) is 13.3 Å². The van der Waals surface area contributed by atoms with Crippen molar-refractivity contribution in [2.24, 2.45) is 23.2 Å². The van der Waals surface area contributed by atoms with Crippen LogP contribution in [0.25, 0.3) is 0 Å². The summed E-state index contributed by atoms with van der Waals surface area (Å²) in [5.74, 6) is 1.20. The maximum absolute atomic E-state index is 12.7. The summed E-state index contributed by atoms with van der Waals surface area (Å²) in [4.78, 5) is 23.9. The Balaban J connectivity index is 1.46. The van der Waals surface area contributed by atoms with Crippen molar-refractivity contribution in [3.63, 3.8) is 0 Å². The predicted octanol–water partition coefficient (Wildman–Crippen LogP) is 3.72. The third-order valence-corrected chi connectivity index (χ3v) is 7.51. The Morgan fingerprint density at radius 1 is 1.16 bits per heavy atom. The summed E-state index contributed by atoms with van der Waals surface area (Å²) in [6.07, 6.45) is 5.03. The second-order valence-electron chi connectivity index (χ2n) is 9.73. The van der Waals surface area contributed by atoms with Gasteiger partial charge in [-0.3, -0.25) is 9.59 Å². The number of nitrogens with one attached hydrogen (secondary N) is 1. The molecule has 1 amide bonds. The quantitative estimate of drug-likeness (QED) is 0.553. The Kier molecular flexibility index (Phi) is 6.22. The highest BCUT2D eigenvalue weighted by atomic mass is 16.7. The summed E-state index contributed by atoms with van der Waals surface area (Å²) >= 11 is 0. The second-order valence-corrected chi connectivity index (χ2v) is 9.73. The van der Waals surface area contributed by atoms with E-state index < -0.39 is 18.4 Å². The molecule has 0 radical (unpaired) electrons. The lowest BCUT2D eigenvalue weighted by Crippen LogP contribution is -2.59. The van der Waals surface area contributed by atoms with Gasteiger partial charge in [0.15, 0.2) is 6.29 Å². The van der Waals surface area contributed by atoms with Gasteiger partial charge in [0, 0.05) is 12.5 Å². The van der Waals surface area contributed by atoms with Crippen molar-refractivity contribution in [1.29, 1.82) is 0 Å². The number of esters is 1. The number of hydrogen-bond donors (Lipinski definition) is 1. The lowest BCUT2D eigenvalue weighted by molar-refractivity contribution is -0.253. The van der Waals surface area contributed by atoms with Gasteiger partial charge in [-0.2, -0.15) is 0 Å². The molecular weight excluding hydrogens is 394 g/mol. The van der Waals surface area contributed by atoms with Gasteiger partial charge in [0.05, 0.1) is 12.1 Å². The number of fused-ring (bicyclic) bond motifs is 2. The fourth-order valence-electron chi connectivity index (χ4n) is 5.44. The van der Waals surface area contributed by atoms with E-state index >= 15 is 0 Å². The minimum absolute atomic E-state index is 0.0822. The highest BCUT2D eigenvalue weighted by Crippen LogP contribution is 2.61. The SMILES string of the molecule is CC(=O)OC[C@@H]1C=C[C@@H](NC(=O)c2ccccc2)[C@@H](O[C@@H]2C[C@@H]3C[C@H]([C@H]2C)C3(C)C)O1. The van der Waals surface area contributed by atoms with Gasteiger partial charge in [-0.05, 0) is 48.1 Å². The first-order valence-electron chi connectivity index (χ1n) is 11.2. The van der Waals surface area contributed by atoms with Gasteiger partial charge in [-0.1, -0.05) is 51.1 Å². The van der Waals surface area contributed by atoms with Crippen LogP contribution in [0.1, 0.15) is 50.9 Å². The number of benzene rings is 1. The summed E-state index contributed by atoms with van der Waals surface area (Å²) in [5.41, 5.74) is 0.955. The first-order valence-corrected chi connectivity index (χ1v) is 11.2. The monoisotopic (exact) mass is 427 g/mol. The average molecular weight is 428 g/mol. The van der Waals surface area contributed by atoms with Crippen molar-refractivity contribution in [3.8, 4) is 0 Å². The number of ether oxygens (including phenoxy) is 3. The van der Waals surface area contributed by atoms with Crippen LogP contribution in [0.3, 0.4) is 0 Å². The molecule has 6 nitrogen and oxygen atoms in total. The molecule has 31 heavy (non-hydrogen) atoms. The van der Waals surface area contributed by atoms with Crippen molar-refractivity contribution < 1.29 is 23.8 Å². The molecule has 3 aliphatic carbocycles. The van der Waals surface area contributed by atoms with Gasteiger partial charge in [0.2, 0.25) is 0 Å². The zero-order valence-electron chi connectivity index (χ0n) is 18.7. The molecule has 0 spiro atoms. The van der Waals surface area contributed by atoms with E-state index in [0.717, 1.165) is 6.42 Å².